The number of hydrogen-bond donors (Lipinski definition) is 1. The molecule has 1 N–H and O–H groups in total. The summed E-state index contributed by atoms with van der Waals surface area (Å²) in [4.78, 5) is 3.98. The van der Waals surface area contributed by atoms with Crippen LogP contribution in [-0.4, -0.2) is 18.0 Å². The Labute approximate surface area is 71.9 Å². The molecule has 0 unspecified atom stereocenters. The molecule has 0 fully saturated rings. The monoisotopic (exact) mass is 164 g/mol. The molecule has 0 aliphatic rings. The molecule has 1 aromatic heterocycles. The summed E-state index contributed by atoms with van der Waals surface area (Å²) >= 11 is 0. The first kappa shape index (κ1) is 8.71. The summed E-state index contributed by atoms with van der Waals surface area (Å²) < 4.78 is 4.73. The minimum Gasteiger partial charge on any atom is -0.484 e. The zero-order valence-corrected chi connectivity index (χ0v) is 7.08. The molecule has 0 saturated heterocycles. The van der Waals surface area contributed by atoms with Crippen LogP contribution in [0, 0.1) is 5.41 Å². The van der Waals surface area contributed by atoms with Crippen molar-refractivity contribution in [3.63, 3.8) is 0 Å². The normalized spacial score (nSPS) is 9.42. The molecule has 12 heavy (non-hydrogen) atoms. The summed E-state index contributed by atoms with van der Waals surface area (Å²) in [5, 5.41) is 7.24. The van der Waals surface area contributed by atoms with Gasteiger partial charge in [0.1, 0.15) is 0 Å². The summed E-state index contributed by atoms with van der Waals surface area (Å²) in [7, 11) is 1.52. The van der Waals surface area contributed by atoms with Gasteiger partial charge in [0.05, 0.1) is 7.11 Å². The van der Waals surface area contributed by atoms with Gasteiger partial charge in [0.2, 0.25) is 0 Å². The smallest absolute Gasteiger partial charge is 0.180 e. The molecule has 3 nitrogen and oxygen atoms in total. The van der Waals surface area contributed by atoms with E-state index >= 15 is 0 Å². The average Bonchev–Trinajstić information content (AvgIpc) is 2.16. The second kappa shape index (κ2) is 4.49. The van der Waals surface area contributed by atoms with Crippen LogP contribution in [0.2, 0.25) is 0 Å². The van der Waals surface area contributed by atoms with E-state index in [2.05, 4.69) is 4.98 Å². The van der Waals surface area contributed by atoms with E-state index in [9.17, 15) is 0 Å². The fourth-order valence-corrected chi connectivity index (χ4v) is 0.906. The Bertz CT molecular complexity index is 246. The lowest BCUT2D eigenvalue weighted by Gasteiger charge is -2.01. The summed E-state index contributed by atoms with van der Waals surface area (Å²) in [5.41, 5.74) is 1.14. The molecule has 0 atom stereocenters. The van der Waals surface area contributed by atoms with E-state index in [-0.39, 0.29) is 0 Å². The van der Waals surface area contributed by atoms with Gasteiger partial charge in [-0.1, -0.05) is 6.07 Å². The highest BCUT2D eigenvalue weighted by Gasteiger charge is 1.96. The number of nitrogens with one attached hydrogen (secondary N) is 1. The van der Waals surface area contributed by atoms with Gasteiger partial charge < -0.3 is 4.74 Å². The Morgan fingerprint density at radius 1 is 1.67 bits per heavy atom. The van der Waals surface area contributed by atoms with Crippen LogP contribution < -0.4 is 0 Å². The molecule has 1 aromatic rings. The molecule has 0 aromatic carbocycles. The predicted octanol–water partition coefficient (Wildman–Crippen LogP) is 1.64. The number of methoxy groups -OCH3 is 1. The first-order valence-corrected chi connectivity index (χ1v) is 3.83. The number of hydrogen-bond acceptors (Lipinski definition) is 3. The fourth-order valence-electron chi connectivity index (χ4n) is 0.906. The SMILES string of the molecule is COC(=N)CCc1cccnc1. The second-order valence-corrected chi connectivity index (χ2v) is 2.49. The molecular formula is C9H12N2O. The van der Waals surface area contributed by atoms with Gasteiger partial charge in [0.25, 0.3) is 0 Å². The molecule has 0 radical (unpaired) electrons. The number of aromatic nitrogens is 1. The average molecular weight is 164 g/mol. The van der Waals surface area contributed by atoms with Crippen molar-refractivity contribution >= 4 is 5.90 Å². The molecule has 64 valence electrons. The van der Waals surface area contributed by atoms with Crippen LogP contribution in [0.25, 0.3) is 0 Å². The maximum Gasteiger partial charge on any atom is 0.180 e. The topological polar surface area (TPSA) is 46.0 Å². The van der Waals surface area contributed by atoms with Gasteiger partial charge in [-0.15, -0.1) is 0 Å². The van der Waals surface area contributed by atoms with E-state index in [0.29, 0.717) is 12.3 Å². The third-order valence-corrected chi connectivity index (χ3v) is 1.61. The zero-order chi connectivity index (χ0) is 8.81. The number of pyridine rings is 1. The van der Waals surface area contributed by atoms with Gasteiger partial charge in [-0.3, -0.25) is 10.4 Å². The maximum absolute atomic E-state index is 7.24. The Morgan fingerprint density at radius 2 is 2.50 bits per heavy atom. The van der Waals surface area contributed by atoms with Crippen LogP contribution in [0.5, 0.6) is 0 Å². The number of rotatable bonds is 3. The molecule has 0 saturated carbocycles. The minimum atomic E-state index is 0.318. The highest BCUT2D eigenvalue weighted by Crippen LogP contribution is 2.00. The largest absolute Gasteiger partial charge is 0.484 e. The van der Waals surface area contributed by atoms with Crippen molar-refractivity contribution in [1.29, 1.82) is 5.41 Å². The summed E-state index contributed by atoms with van der Waals surface area (Å²) in [6, 6.07) is 3.89. The second-order valence-electron chi connectivity index (χ2n) is 2.49. The number of aryl methyl sites for hydroxylation is 1. The first-order valence-electron chi connectivity index (χ1n) is 3.83. The number of ether oxygens (including phenoxy) is 1. The Balaban J connectivity index is 2.38. The molecule has 0 aliphatic heterocycles. The third-order valence-electron chi connectivity index (χ3n) is 1.61. The van der Waals surface area contributed by atoms with Crippen molar-refractivity contribution < 1.29 is 4.74 Å². The number of nitrogens with zero attached hydrogens (tertiary/aromatic N) is 1. The van der Waals surface area contributed by atoms with Gasteiger partial charge in [0, 0.05) is 18.8 Å². The minimum absolute atomic E-state index is 0.318. The zero-order valence-electron chi connectivity index (χ0n) is 7.08. The predicted molar refractivity (Wildman–Crippen MR) is 47.3 cm³/mol. The third kappa shape index (κ3) is 2.70. The lowest BCUT2D eigenvalue weighted by Crippen LogP contribution is -2.00. The van der Waals surface area contributed by atoms with Crippen molar-refractivity contribution in [2.24, 2.45) is 0 Å². The van der Waals surface area contributed by atoms with Crippen molar-refractivity contribution in [3.8, 4) is 0 Å². The first-order chi connectivity index (χ1) is 5.83. The van der Waals surface area contributed by atoms with Crippen molar-refractivity contribution in [3.05, 3.63) is 30.1 Å². The van der Waals surface area contributed by atoms with Gasteiger partial charge in [-0.05, 0) is 18.1 Å². The van der Waals surface area contributed by atoms with E-state index in [0.717, 1.165) is 12.0 Å². The molecule has 0 amide bonds. The van der Waals surface area contributed by atoms with Crippen LogP contribution in [0.4, 0.5) is 0 Å². The summed E-state index contributed by atoms with van der Waals surface area (Å²) in [6.45, 7) is 0. The molecular weight excluding hydrogens is 152 g/mol. The van der Waals surface area contributed by atoms with Crippen molar-refractivity contribution in [2.45, 2.75) is 12.8 Å². The highest BCUT2D eigenvalue weighted by molar-refractivity contribution is 5.72. The van der Waals surface area contributed by atoms with E-state index in [4.69, 9.17) is 10.1 Å². The Morgan fingerprint density at radius 3 is 3.08 bits per heavy atom. The van der Waals surface area contributed by atoms with Crippen LogP contribution >= 0.6 is 0 Å². The quantitative estimate of drug-likeness (QED) is 0.545. The molecule has 0 aliphatic carbocycles. The van der Waals surface area contributed by atoms with E-state index in [1.165, 1.54) is 7.11 Å². The van der Waals surface area contributed by atoms with Gasteiger partial charge >= 0.3 is 0 Å². The van der Waals surface area contributed by atoms with E-state index in [1.807, 2.05) is 18.3 Å². The van der Waals surface area contributed by atoms with Gasteiger partial charge in [0.15, 0.2) is 5.90 Å². The van der Waals surface area contributed by atoms with Crippen LogP contribution in [0.15, 0.2) is 24.5 Å². The molecule has 1 heterocycles. The Kier molecular flexibility index (Phi) is 3.26. The highest BCUT2D eigenvalue weighted by atomic mass is 16.5. The van der Waals surface area contributed by atoms with Crippen LogP contribution in [0.3, 0.4) is 0 Å². The van der Waals surface area contributed by atoms with Gasteiger partial charge in [-0.25, -0.2) is 0 Å². The van der Waals surface area contributed by atoms with E-state index < -0.39 is 0 Å². The van der Waals surface area contributed by atoms with Crippen LogP contribution in [0.1, 0.15) is 12.0 Å². The fraction of sp³-hybridized carbons (Fsp3) is 0.333. The maximum atomic E-state index is 7.24. The summed E-state index contributed by atoms with van der Waals surface area (Å²) in [5.74, 6) is 0.318. The summed E-state index contributed by atoms with van der Waals surface area (Å²) in [6.07, 6.45) is 5.01. The van der Waals surface area contributed by atoms with Crippen molar-refractivity contribution in [2.75, 3.05) is 7.11 Å². The lowest BCUT2D eigenvalue weighted by atomic mass is 10.1. The van der Waals surface area contributed by atoms with E-state index in [1.54, 1.807) is 6.20 Å². The lowest BCUT2D eigenvalue weighted by molar-refractivity contribution is 0.386. The molecule has 0 bridgehead atoms. The molecule has 1 rings (SSSR count). The van der Waals surface area contributed by atoms with Gasteiger partial charge in [-0.2, -0.15) is 0 Å². The standard InChI is InChI=1S/C9H12N2O/c1-12-9(10)5-4-8-3-2-6-11-7-8/h2-3,6-7,10H,4-5H2,1H3. The Hall–Kier alpha value is -1.38. The van der Waals surface area contributed by atoms with Crippen LogP contribution in [-0.2, 0) is 11.2 Å². The molecule has 0 spiro atoms. The van der Waals surface area contributed by atoms with Crippen molar-refractivity contribution in [1.82, 2.24) is 4.98 Å². The molecule has 3 heteroatoms.